The van der Waals surface area contributed by atoms with E-state index < -0.39 is 0 Å². The van der Waals surface area contributed by atoms with Gasteiger partial charge < -0.3 is 0 Å². The maximum absolute atomic E-state index is 3.08. The van der Waals surface area contributed by atoms with Gasteiger partial charge in [-0.3, -0.25) is 0 Å². The minimum atomic E-state index is 0.964. The van der Waals surface area contributed by atoms with Gasteiger partial charge in [0.2, 0.25) is 0 Å². The van der Waals surface area contributed by atoms with E-state index in [1.54, 1.807) is 0 Å². The van der Waals surface area contributed by atoms with E-state index in [9.17, 15) is 0 Å². The van der Waals surface area contributed by atoms with Crippen molar-refractivity contribution in [3.05, 3.63) is 11.6 Å². The highest BCUT2D eigenvalue weighted by molar-refractivity contribution is 5.14. The molecule has 1 aliphatic carbocycles. The van der Waals surface area contributed by atoms with Gasteiger partial charge in [0, 0.05) is 12.8 Å². The van der Waals surface area contributed by atoms with Gasteiger partial charge in [-0.05, 0) is 13.3 Å². The van der Waals surface area contributed by atoms with E-state index >= 15 is 0 Å². The molecule has 42 valence electrons. The molecule has 0 heteroatoms. The van der Waals surface area contributed by atoms with E-state index in [-0.39, 0.29) is 0 Å². The lowest BCUT2D eigenvalue weighted by Gasteiger charge is -1.89. The Morgan fingerprint density at radius 2 is 2.38 bits per heavy atom. The summed E-state index contributed by atoms with van der Waals surface area (Å²) in [5, 5.41) is 0. The summed E-state index contributed by atoms with van der Waals surface area (Å²) in [6, 6.07) is 0. The second-order valence-electron chi connectivity index (χ2n) is 2.11. The molecule has 0 spiro atoms. The fourth-order valence-electron chi connectivity index (χ4n) is 0.748. The third kappa shape index (κ3) is 1.42. The van der Waals surface area contributed by atoms with Gasteiger partial charge in [0.05, 0.1) is 0 Å². The fraction of sp³-hybridized carbons (Fsp3) is 0.500. The summed E-state index contributed by atoms with van der Waals surface area (Å²) in [5.41, 5.74) is 1.47. The standard InChI is InChI=1S/C8H10/c1-8-6-4-2-3-5-7-8/h6H,4-5,7H2,1H3. The van der Waals surface area contributed by atoms with E-state index in [0.717, 1.165) is 12.8 Å². The highest BCUT2D eigenvalue weighted by Crippen LogP contribution is 2.06. The van der Waals surface area contributed by atoms with Crippen molar-refractivity contribution in [1.82, 2.24) is 0 Å². The molecule has 0 aromatic carbocycles. The zero-order chi connectivity index (χ0) is 5.82. The second-order valence-corrected chi connectivity index (χ2v) is 2.11. The van der Waals surface area contributed by atoms with Crippen LogP contribution in [-0.2, 0) is 0 Å². The molecule has 0 saturated carbocycles. The number of rotatable bonds is 0. The molecule has 0 atom stereocenters. The average molecular weight is 106 g/mol. The molecular weight excluding hydrogens is 96.1 g/mol. The lowest BCUT2D eigenvalue weighted by atomic mass is 10.2. The Balaban J connectivity index is 2.55. The monoisotopic (exact) mass is 106 g/mol. The Morgan fingerprint density at radius 3 is 3.25 bits per heavy atom. The van der Waals surface area contributed by atoms with Crippen LogP contribution in [0, 0.1) is 11.8 Å². The number of hydrogen-bond acceptors (Lipinski definition) is 0. The van der Waals surface area contributed by atoms with Crippen LogP contribution in [0.1, 0.15) is 26.2 Å². The van der Waals surface area contributed by atoms with E-state index in [2.05, 4.69) is 24.8 Å². The van der Waals surface area contributed by atoms with Crippen molar-refractivity contribution in [2.24, 2.45) is 0 Å². The van der Waals surface area contributed by atoms with Crippen LogP contribution in [-0.4, -0.2) is 0 Å². The van der Waals surface area contributed by atoms with Crippen LogP contribution >= 0.6 is 0 Å². The highest BCUT2D eigenvalue weighted by Gasteiger charge is 1.88. The van der Waals surface area contributed by atoms with Crippen molar-refractivity contribution in [2.75, 3.05) is 0 Å². The van der Waals surface area contributed by atoms with Gasteiger partial charge in [0.15, 0.2) is 0 Å². The normalized spacial score (nSPS) is 17.9. The first-order chi connectivity index (χ1) is 3.89. The largest absolute Gasteiger partial charge is 0.103 e. The molecule has 0 unspecified atom stereocenters. The molecule has 0 N–H and O–H groups in total. The molecule has 0 saturated heterocycles. The maximum Gasteiger partial charge on any atom is 0.0272 e. The summed E-state index contributed by atoms with van der Waals surface area (Å²) in [6.45, 7) is 2.16. The van der Waals surface area contributed by atoms with Crippen LogP contribution in [0.3, 0.4) is 0 Å². The molecule has 0 bridgehead atoms. The minimum Gasteiger partial charge on any atom is -0.103 e. The third-order valence-electron chi connectivity index (χ3n) is 1.32. The summed E-state index contributed by atoms with van der Waals surface area (Å²) in [5.74, 6) is 6.13. The molecule has 0 heterocycles. The molecule has 0 amide bonds. The lowest BCUT2D eigenvalue weighted by molar-refractivity contribution is 1.00. The Kier molecular flexibility index (Phi) is 1.75. The molecule has 0 nitrogen and oxygen atoms in total. The third-order valence-corrected chi connectivity index (χ3v) is 1.32. The van der Waals surface area contributed by atoms with Gasteiger partial charge in [-0.2, -0.15) is 0 Å². The summed E-state index contributed by atoms with van der Waals surface area (Å²) in [7, 11) is 0. The van der Waals surface area contributed by atoms with Crippen LogP contribution in [0.25, 0.3) is 0 Å². The lowest BCUT2D eigenvalue weighted by Crippen LogP contribution is -1.71. The Hall–Kier alpha value is -0.700. The molecule has 1 rings (SSSR count). The number of allylic oxidation sites excluding steroid dienone is 2. The van der Waals surface area contributed by atoms with Crippen molar-refractivity contribution in [3.8, 4) is 11.8 Å². The summed E-state index contributed by atoms with van der Waals surface area (Å²) in [6.07, 6.45) is 5.40. The van der Waals surface area contributed by atoms with Crippen LogP contribution in [0.4, 0.5) is 0 Å². The van der Waals surface area contributed by atoms with E-state index in [0.29, 0.717) is 0 Å². The average Bonchev–Trinajstić information content (AvgIpc) is 1.94. The smallest absolute Gasteiger partial charge is 0.0272 e. The fourth-order valence-corrected chi connectivity index (χ4v) is 0.748. The van der Waals surface area contributed by atoms with E-state index in [4.69, 9.17) is 0 Å². The highest BCUT2D eigenvalue weighted by atomic mass is 13.9. The maximum atomic E-state index is 3.08. The van der Waals surface area contributed by atoms with Crippen LogP contribution in [0.5, 0.6) is 0 Å². The van der Waals surface area contributed by atoms with Crippen molar-refractivity contribution in [1.29, 1.82) is 0 Å². The van der Waals surface area contributed by atoms with Crippen molar-refractivity contribution < 1.29 is 0 Å². The molecule has 0 aromatic heterocycles. The van der Waals surface area contributed by atoms with Gasteiger partial charge in [0.25, 0.3) is 0 Å². The zero-order valence-electron chi connectivity index (χ0n) is 5.20. The predicted octanol–water partition coefficient (Wildman–Crippen LogP) is 2.12. The molecule has 0 aromatic rings. The molecule has 1 aliphatic rings. The molecular formula is C8H10. The van der Waals surface area contributed by atoms with Crippen molar-refractivity contribution in [2.45, 2.75) is 26.2 Å². The topological polar surface area (TPSA) is 0 Å². The Bertz CT molecular complexity index is 153. The molecule has 0 fully saturated rings. The first-order valence-corrected chi connectivity index (χ1v) is 3.01. The first kappa shape index (κ1) is 5.44. The van der Waals surface area contributed by atoms with Crippen LogP contribution in [0.15, 0.2) is 11.6 Å². The second kappa shape index (κ2) is 2.57. The van der Waals surface area contributed by atoms with Crippen molar-refractivity contribution >= 4 is 0 Å². The van der Waals surface area contributed by atoms with Gasteiger partial charge in [-0.15, -0.1) is 5.92 Å². The Morgan fingerprint density at radius 1 is 1.50 bits per heavy atom. The minimum absolute atomic E-state index is 0.964. The Labute approximate surface area is 50.6 Å². The predicted molar refractivity (Wildman–Crippen MR) is 35.4 cm³/mol. The quantitative estimate of drug-likeness (QED) is 0.328. The van der Waals surface area contributed by atoms with Gasteiger partial charge in [-0.1, -0.05) is 17.6 Å². The first-order valence-electron chi connectivity index (χ1n) is 3.01. The summed E-state index contributed by atoms with van der Waals surface area (Å²) < 4.78 is 0. The number of hydrogen-bond donors (Lipinski definition) is 0. The zero-order valence-corrected chi connectivity index (χ0v) is 5.20. The van der Waals surface area contributed by atoms with Gasteiger partial charge >= 0.3 is 0 Å². The van der Waals surface area contributed by atoms with Crippen molar-refractivity contribution in [3.63, 3.8) is 0 Å². The molecule has 0 radical (unpaired) electrons. The molecule has 8 heavy (non-hydrogen) atoms. The van der Waals surface area contributed by atoms with Gasteiger partial charge in [0.1, 0.15) is 0 Å². The molecule has 0 aliphatic heterocycles. The summed E-state index contributed by atoms with van der Waals surface area (Å²) >= 11 is 0. The SMILES string of the molecule is CC1=CCC#CCC1. The summed E-state index contributed by atoms with van der Waals surface area (Å²) in [4.78, 5) is 0. The van der Waals surface area contributed by atoms with Crippen LogP contribution < -0.4 is 0 Å². The van der Waals surface area contributed by atoms with E-state index in [1.807, 2.05) is 0 Å². The van der Waals surface area contributed by atoms with Crippen LogP contribution in [0.2, 0.25) is 0 Å². The van der Waals surface area contributed by atoms with Gasteiger partial charge in [-0.25, -0.2) is 0 Å². The van der Waals surface area contributed by atoms with E-state index in [1.165, 1.54) is 12.0 Å².